The van der Waals surface area contributed by atoms with Gasteiger partial charge in [-0.2, -0.15) is 78.7 Å². The molecular formula is C17H20F17O5PS. The van der Waals surface area contributed by atoms with E-state index in [9.17, 15) is 69.9 Å². The zero-order valence-corrected chi connectivity index (χ0v) is 22.5. The van der Waals surface area contributed by atoms with E-state index in [4.69, 9.17) is 4.55 Å². The minimum absolute atomic E-state index is 0.0197. The van der Waals surface area contributed by atoms with Crippen molar-refractivity contribution in [1.82, 2.24) is 0 Å². The molecule has 0 amide bonds. The first-order chi connectivity index (χ1) is 17.4. The Hall–Kier alpha value is -0.930. The fourth-order valence-corrected chi connectivity index (χ4v) is 5.57. The molecule has 0 spiro atoms. The van der Waals surface area contributed by atoms with Gasteiger partial charge in [0.15, 0.2) is 0 Å². The first-order valence-electron chi connectivity index (χ1n) is 10.2. The van der Waals surface area contributed by atoms with Gasteiger partial charge >= 0.3 is 56.9 Å². The Kier molecular flexibility index (Phi) is 10.7. The second-order valence-electron chi connectivity index (χ2n) is 9.29. The second-order valence-corrected chi connectivity index (χ2v) is 13.2. The van der Waals surface area contributed by atoms with Crippen LogP contribution >= 0.6 is 7.92 Å². The summed E-state index contributed by atoms with van der Waals surface area (Å²) in [6, 6.07) is 0. The van der Waals surface area contributed by atoms with Gasteiger partial charge in [-0.3, -0.25) is 14.0 Å². The largest absolute Gasteiger partial charge is 0.460 e. The summed E-state index contributed by atoms with van der Waals surface area (Å²) in [5.41, 5.74) is -16.1. The van der Waals surface area contributed by atoms with Crippen molar-refractivity contribution in [3.8, 4) is 0 Å². The molecule has 0 aromatic carbocycles. The fraction of sp³-hybridized carbons (Fsp3) is 1.00. The number of halogens is 17. The molecule has 0 aliphatic carbocycles. The molecule has 41 heavy (non-hydrogen) atoms. The van der Waals surface area contributed by atoms with E-state index in [0.717, 1.165) is 6.92 Å². The molecule has 248 valence electrons. The maximum absolute atomic E-state index is 15.8. The zero-order chi connectivity index (χ0) is 33.9. The van der Waals surface area contributed by atoms with Crippen molar-refractivity contribution in [1.29, 1.82) is 0 Å². The van der Waals surface area contributed by atoms with Gasteiger partial charge in [-0.15, -0.1) is 0 Å². The summed E-state index contributed by atoms with van der Waals surface area (Å²) in [4.78, 5) is 0. The SMILES string of the molecule is CCCP(C(F)(F)C(C)(F)F)C(F)(F)C(F)(OC(F)(F)C(F)(OC(F)(F)C(F)(F)S(=O)(=O)O)C(F)(F)F)C(C)(C)C. The minimum atomic E-state index is -7.93. The normalized spacial score (nSPS) is 19.5. The van der Waals surface area contributed by atoms with Gasteiger partial charge < -0.3 is 0 Å². The quantitative estimate of drug-likeness (QED) is 0.120. The highest BCUT2D eigenvalue weighted by Gasteiger charge is 2.85. The van der Waals surface area contributed by atoms with E-state index in [1.165, 1.54) is 0 Å². The maximum atomic E-state index is 15.8. The highest BCUT2D eigenvalue weighted by Crippen LogP contribution is 2.73. The molecule has 0 rings (SSSR count). The minimum Gasteiger partial charge on any atom is -0.281 e. The number of hydrogen-bond acceptors (Lipinski definition) is 4. The Balaban J connectivity index is 7.48. The van der Waals surface area contributed by atoms with Crippen LogP contribution in [0, 0.1) is 5.41 Å². The Morgan fingerprint density at radius 3 is 1.27 bits per heavy atom. The van der Waals surface area contributed by atoms with E-state index in [2.05, 4.69) is 4.74 Å². The molecule has 0 radical (unpaired) electrons. The van der Waals surface area contributed by atoms with E-state index in [1.54, 1.807) is 4.74 Å². The molecule has 0 heterocycles. The van der Waals surface area contributed by atoms with Crippen molar-refractivity contribution in [3.05, 3.63) is 0 Å². The molecule has 0 aliphatic heterocycles. The van der Waals surface area contributed by atoms with E-state index >= 15 is 13.2 Å². The molecule has 0 aromatic heterocycles. The number of ether oxygens (including phenoxy) is 2. The van der Waals surface area contributed by atoms with Crippen molar-refractivity contribution in [2.75, 3.05) is 6.16 Å². The highest BCUT2D eigenvalue weighted by atomic mass is 32.2. The average molecular weight is 690 g/mol. The molecule has 0 aliphatic rings. The molecule has 0 aromatic rings. The van der Waals surface area contributed by atoms with Crippen molar-refractivity contribution in [2.24, 2.45) is 5.41 Å². The molecule has 3 atom stereocenters. The van der Waals surface area contributed by atoms with Gasteiger partial charge in [0.1, 0.15) is 0 Å². The Morgan fingerprint density at radius 1 is 0.634 bits per heavy atom. The van der Waals surface area contributed by atoms with Crippen molar-refractivity contribution in [3.63, 3.8) is 0 Å². The summed E-state index contributed by atoms with van der Waals surface area (Å²) in [7, 11) is -13.0. The summed E-state index contributed by atoms with van der Waals surface area (Å²) >= 11 is 0. The van der Waals surface area contributed by atoms with Gasteiger partial charge in [0, 0.05) is 12.3 Å². The monoisotopic (exact) mass is 690 g/mol. The lowest BCUT2D eigenvalue weighted by molar-refractivity contribution is -0.537. The van der Waals surface area contributed by atoms with Gasteiger partial charge in [-0.25, -0.2) is 4.39 Å². The van der Waals surface area contributed by atoms with Crippen LogP contribution in [0.15, 0.2) is 0 Å². The van der Waals surface area contributed by atoms with E-state index < -0.39 is 95.6 Å². The zero-order valence-electron chi connectivity index (χ0n) is 20.8. The average Bonchev–Trinajstić information content (AvgIpc) is 2.67. The smallest absolute Gasteiger partial charge is 0.281 e. The molecule has 0 fully saturated rings. The Labute approximate surface area is 221 Å². The lowest BCUT2D eigenvalue weighted by Crippen LogP contribution is -2.68. The summed E-state index contributed by atoms with van der Waals surface area (Å²) in [5.74, 6) is -19.6. The Bertz CT molecular complexity index is 1040. The number of rotatable bonds is 13. The molecule has 0 saturated carbocycles. The maximum Gasteiger partial charge on any atom is 0.460 e. The van der Waals surface area contributed by atoms with Crippen LogP contribution in [-0.4, -0.2) is 71.7 Å². The van der Waals surface area contributed by atoms with E-state index in [1.807, 2.05) is 0 Å². The lowest BCUT2D eigenvalue weighted by Gasteiger charge is -2.49. The molecule has 5 nitrogen and oxygen atoms in total. The standard InChI is InChI=1S/C17H20F17O5PS/c1-6-7-40(15(29,30)9(5,18)19)16(31,32)10(20,8(2,3)4)38-13(25,26)11(21,12(22,23)24)39-14(27,28)17(33,34)41(35,36)37/h6-7H2,1-5H3,(H,35,36,37). The predicted molar refractivity (Wildman–Crippen MR) is 104 cm³/mol. The molecule has 0 saturated heterocycles. The molecular weight excluding hydrogens is 670 g/mol. The van der Waals surface area contributed by atoms with Crippen LogP contribution in [0.3, 0.4) is 0 Å². The predicted octanol–water partition coefficient (Wildman–Crippen LogP) is 8.36. The van der Waals surface area contributed by atoms with Gasteiger partial charge in [0.05, 0.1) is 7.92 Å². The van der Waals surface area contributed by atoms with Crippen LogP contribution in [0.1, 0.15) is 41.0 Å². The van der Waals surface area contributed by atoms with Gasteiger partial charge in [-0.1, -0.05) is 34.1 Å². The van der Waals surface area contributed by atoms with E-state index in [0.29, 0.717) is 0 Å². The Morgan fingerprint density at radius 2 is 1.00 bits per heavy atom. The van der Waals surface area contributed by atoms with Gasteiger partial charge in [-0.05, 0) is 6.16 Å². The fourth-order valence-electron chi connectivity index (χ4n) is 2.67. The van der Waals surface area contributed by atoms with E-state index in [-0.39, 0.29) is 20.8 Å². The summed E-state index contributed by atoms with van der Waals surface area (Å²) in [5, 5.41) is -7.39. The summed E-state index contributed by atoms with van der Waals surface area (Å²) in [6.45, 7) is -0.0121. The molecule has 24 heteroatoms. The van der Waals surface area contributed by atoms with Crippen molar-refractivity contribution >= 4 is 18.0 Å². The third-order valence-corrected chi connectivity index (χ3v) is 8.76. The van der Waals surface area contributed by atoms with Gasteiger partial charge in [0.25, 0.3) is 5.85 Å². The number of hydrogen-bond donors (Lipinski definition) is 1. The third-order valence-electron chi connectivity index (χ3n) is 4.94. The summed E-state index contributed by atoms with van der Waals surface area (Å²) < 4.78 is 273. The molecule has 1 N–H and O–H groups in total. The first-order valence-corrected chi connectivity index (χ1v) is 13.2. The van der Waals surface area contributed by atoms with Gasteiger partial charge in [0.2, 0.25) is 0 Å². The van der Waals surface area contributed by atoms with Crippen LogP contribution < -0.4 is 0 Å². The second kappa shape index (κ2) is 10.9. The first kappa shape index (κ1) is 40.1. The van der Waals surface area contributed by atoms with Crippen LogP contribution in [0.2, 0.25) is 0 Å². The van der Waals surface area contributed by atoms with Crippen LogP contribution in [0.25, 0.3) is 0 Å². The van der Waals surface area contributed by atoms with Crippen LogP contribution in [0.4, 0.5) is 74.6 Å². The topological polar surface area (TPSA) is 72.8 Å². The van der Waals surface area contributed by atoms with Crippen molar-refractivity contribution < 1.29 is 97.1 Å². The molecule has 3 unspecified atom stereocenters. The molecule has 0 bridgehead atoms. The number of alkyl halides is 17. The summed E-state index contributed by atoms with van der Waals surface area (Å²) in [6.07, 6.45) is -26.1. The lowest BCUT2D eigenvalue weighted by atomic mass is 9.86. The van der Waals surface area contributed by atoms with Crippen LogP contribution in [0.5, 0.6) is 0 Å². The third kappa shape index (κ3) is 6.77. The van der Waals surface area contributed by atoms with Crippen LogP contribution in [-0.2, 0) is 19.6 Å². The highest BCUT2D eigenvalue weighted by molar-refractivity contribution is 7.87. The van der Waals surface area contributed by atoms with Crippen molar-refractivity contribution in [2.45, 2.75) is 93.6 Å².